The van der Waals surface area contributed by atoms with Gasteiger partial charge in [-0.15, -0.1) is 0 Å². The first kappa shape index (κ1) is 56.1. The molecule has 17 heteroatoms. The number of likely N-dealkylation sites (tertiary alicyclic amines) is 1. The van der Waals surface area contributed by atoms with Gasteiger partial charge in [0.25, 0.3) is 0 Å². The predicted molar refractivity (Wildman–Crippen MR) is 279 cm³/mol. The third-order valence-corrected chi connectivity index (χ3v) is 14.7. The van der Waals surface area contributed by atoms with Crippen molar-refractivity contribution in [2.45, 2.75) is 148 Å². The van der Waals surface area contributed by atoms with Gasteiger partial charge in [-0.25, -0.2) is 0 Å². The summed E-state index contributed by atoms with van der Waals surface area (Å²) in [5.41, 5.74) is 3.09. The molecule has 6 N–H and O–H groups in total. The third kappa shape index (κ3) is 13.5. The number of aryl methyl sites for hydroxylation is 1. The molecule has 6 rings (SSSR count). The number of hydrogen-bond donors (Lipinski definition) is 6. The van der Waals surface area contributed by atoms with Crippen molar-refractivity contribution in [1.29, 1.82) is 0 Å². The Balaban J connectivity index is 1.34. The van der Waals surface area contributed by atoms with Gasteiger partial charge in [0.05, 0.1) is 30.8 Å². The largest absolute Gasteiger partial charge is 0.382 e. The number of amides is 7. The topological polar surface area (TPSA) is 211 Å². The van der Waals surface area contributed by atoms with Gasteiger partial charge < -0.3 is 51.3 Å². The Morgan fingerprint density at radius 1 is 0.699 bits per heavy atom. The minimum atomic E-state index is -1.09. The fourth-order valence-electron chi connectivity index (χ4n) is 10.2. The average Bonchev–Trinajstić information content (AvgIpc) is 3.79. The summed E-state index contributed by atoms with van der Waals surface area (Å²) in [5, 5.41) is 18.1. The number of fused-ring (bicyclic) bond motifs is 2. The van der Waals surface area contributed by atoms with E-state index >= 15 is 9.59 Å². The van der Waals surface area contributed by atoms with Gasteiger partial charge in [0.15, 0.2) is 0 Å². The van der Waals surface area contributed by atoms with Crippen LogP contribution in [0, 0.1) is 10.8 Å². The normalized spacial score (nSPS) is 20.8. The Hall–Kier alpha value is -6.17. The maximum atomic E-state index is 15.7. The molecule has 2 aliphatic heterocycles. The van der Waals surface area contributed by atoms with E-state index < -0.39 is 89.3 Å². The Kier molecular flexibility index (Phi) is 18.6. The van der Waals surface area contributed by atoms with E-state index in [4.69, 9.17) is 4.74 Å². The molecule has 1 fully saturated rings. The highest BCUT2D eigenvalue weighted by atomic mass is 16.5. The number of methoxy groups -OCH3 is 1. The molecule has 7 amide bonds. The molecule has 73 heavy (non-hydrogen) atoms. The molecule has 1 aliphatic carbocycles. The van der Waals surface area contributed by atoms with E-state index in [2.05, 4.69) is 38.0 Å². The van der Waals surface area contributed by atoms with Crippen molar-refractivity contribution < 1.29 is 38.3 Å². The Morgan fingerprint density at radius 2 is 1.25 bits per heavy atom. The molecule has 3 aromatic carbocycles. The molecule has 17 nitrogen and oxygen atoms in total. The second kappa shape index (κ2) is 24.2. The van der Waals surface area contributed by atoms with Crippen molar-refractivity contribution in [3.8, 4) is 0 Å². The summed E-state index contributed by atoms with van der Waals surface area (Å²) in [6.07, 6.45) is 2.70. The minimum absolute atomic E-state index is 0.00714. The van der Waals surface area contributed by atoms with Crippen molar-refractivity contribution in [3.63, 3.8) is 0 Å². The molecule has 3 aromatic rings. The highest BCUT2D eigenvalue weighted by molar-refractivity contribution is 5.96. The van der Waals surface area contributed by atoms with Crippen LogP contribution < -0.4 is 31.9 Å². The lowest BCUT2D eigenvalue weighted by molar-refractivity contribution is -0.153. The molecule has 0 saturated carbocycles. The summed E-state index contributed by atoms with van der Waals surface area (Å²) in [4.78, 5) is 106. The van der Waals surface area contributed by atoms with Crippen LogP contribution in [-0.2, 0) is 57.7 Å². The molecule has 9 atom stereocenters. The lowest BCUT2D eigenvalue weighted by atomic mass is 9.84. The van der Waals surface area contributed by atoms with Gasteiger partial charge in [-0.05, 0) is 92.3 Å². The number of ether oxygens (including phenoxy) is 1. The monoisotopic (exact) mass is 1010 g/mol. The van der Waals surface area contributed by atoms with Crippen LogP contribution >= 0.6 is 0 Å². The first-order valence-corrected chi connectivity index (χ1v) is 25.7. The van der Waals surface area contributed by atoms with Crippen LogP contribution in [0.2, 0.25) is 0 Å². The van der Waals surface area contributed by atoms with Gasteiger partial charge in [-0.3, -0.25) is 33.6 Å². The van der Waals surface area contributed by atoms with Gasteiger partial charge in [0, 0.05) is 32.7 Å². The van der Waals surface area contributed by atoms with Gasteiger partial charge in [-0.1, -0.05) is 120 Å². The van der Waals surface area contributed by atoms with Gasteiger partial charge in [0.1, 0.15) is 30.7 Å². The molecule has 396 valence electrons. The van der Waals surface area contributed by atoms with Gasteiger partial charge in [-0.2, -0.15) is 0 Å². The van der Waals surface area contributed by atoms with Gasteiger partial charge in [0.2, 0.25) is 41.4 Å². The molecule has 2 heterocycles. The second-order valence-corrected chi connectivity index (χ2v) is 22.1. The number of nitrogens with zero attached hydrogens (tertiary/aromatic N) is 3. The summed E-state index contributed by atoms with van der Waals surface area (Å²) in [5.74, 6) is -3.07. The summed E-state index contributed by atoms with van der Waals surface area (Å²) in [6, 6.07) is 17.7. The summed E-state index contributed by atoms with van der Waals surface area (Å²) in [6.45, 7) is 14.1. The highest BCUT2D eigenvalue weighted by Gasteiger charge is 2.48. The Bertz CT molecular complexity index is 2450. The van der Waals surface area contributed by atoms with E-state index in [1.165, 1.54) is 21.8 Å². The molecule has 0 radical (unpaired) electrons. The first-order valence-electron chi connectivity index (χ1n) is 25.7. The maximum absolute atomic E-state index is 15.7. The van der Waals surface area contributed by atoms with Crippen molar-refractivity contribution >= 4 is 41.4 Å². The van der Waals surface area contributed by atoms with E-state index in [0.717, 1.165) is 41.5 Å². The fourth-order valence-corrected chi connectivity index (χ4v) is 10.2. The van der Waals surface area contributed by atoms with Crippen LogP contribution in [0.1, 0.15) is 115 Å². The second-order valence-electron chi connectivity index (χ2n) is 22.1. The standard InChI is InChI=1S/C56H79N9O8/c1-34(57-9)49(67)61-47(55(3,4)5)53(71)63-30-39-24-16-15-23-38(39)28-44(63)52(70)65(45(33-73-11)37-21-13-12-14-22-37)32-46(66)59-40-29-43(51(69)60-42-27-19-25-36-20-17-18-26-41(36)42)64(31-40)54(72)48(56(6,7)8)62-50(68)35(2)58-10/h12-18,20-24,26,34-35,40,42-45,47-48,57-58H,19,25,27-33H2,1-11H3,(H,59,66)(H,60,69)(H,61,67)(H,62,68)/t34-,35-,40?,42?,43?,44?,45?,47?,48?/m0/s1. The molecule has 0 aromatic heterocycles. The Morgan fingerprint density at radius 3 is 1.82 bits per heavy atom. The number of benzene rings is 3. The minimum Gasteiger partial charge on any atom is -0.382 e. The summed E-state index contributed by atoms with van der Waals surface area (Å²) in [7, 11) is 4.83. The molecular formula is C56H79N9O8. The lowest BCUT2D eigenvalue weighted by Crippen LogP contribution is -2.62. The molecular weight excluding hydrogens is 927 g/mol. The number of carbonyl (C=O) groups is 7. The predicted octanol–water partition coefficient (Wildman–Crippen LogP) is 3.71. The third-order valence-electron chi connectivity index (χ3n) is 14.7. The van der Waals surface area contributed by atoms with Crippen molar-refractivity contribution in [3.05, 3.63) is 107 Å². The van der Waals surface area contributed by atoms with E-state index in [-0.39, 0.29) is 56.3 Å². The van der Waals surface area contributed by atoms with Crippen LogP contribution in [0.5, 0.6) is 0 Å². The van der Waals surface area contributed by atoms with E-state index in [0.29, 0.717) is 5.56 Å². The highest BCUT2D eigenvalue weighted by Crippen LogP contribution is 2.34. The zero-order chi connectivity index (χ0) is 53.4. The average molecular weight is 1010 g/mol. The van der Waals surface area contributed by atoms with E-state index in [1.54, 1.807) is 27.9 Å². The fraction of sp³-hybridized carbons (Fsp3) is 0.554. The molecule has 0 spiro atoms. The van der Waals surface area contributed by atoms with Crippen molar-refractivity contribution in [2.75, 3.05) is 40.9 Å². The zero-order valence-electron chi connectivity index (χ0n) is 44.7. The van der Waals surface area contributed by atoms with Crippen LogP contribution in [0.25, 0.3) is 0 Å². The zero-order valence-corrected chi connectivity index (χ0v) is 44.7. The van der Waals surface area contributed by atoms with Gasteiger partial charge >= 0.3 is 0 Å². The number of carbonyl (C=O) groups excluding carboxylic acids is 7. The van der Waals surface area contributed by atoms with Crippen LogP contribution in [0.15, 0.2) is 78.9 Å². The number of hydrogen-bond acceptors (Lipinski definition) is 10. The number of rotatable bonds is 18. The van der Waals surface area contributed by atoms with Crippen LogP contribution in [-0.4, -0.2) is 139 Å². The summed E-state index contributed by atoms with van der Waals surface area (Å²) >= 11 is 0. The van der Waals surface area contributed by atoms with E-state index in [9.17, 15) is 24.0 Å². The smallest absolute Gasteiger partial charge is 0.246 e. The van der Waals surface area contributed by atoms with E-state index in [1.807, 2.05) is 114 Å². The SMILES string of the molecule is CN[C@@H](C)C(=O)NC(C(=O)N1CC(NC(=O)CN(C(=O)C2Cc3ccccc3CN2C(=O)C(NC(=O)[C@H](C)NC)C(C)(C)C)C(COC)c2ccccc2)CC1C(=O)NC1CCCc2ccccc21)C(C)(C)C. The molecule has 0 bridgehead atoms. The number of likely N-dealkylation sites (N-methyl/N-ethyl adjacent to an activating group) is 2. The Labute approximate surface area is 431 Å². The molecule has 3 aliphatic rings. The lowest BCUT2D eigenvalue weighted by Gasteiger charge is -2.43. The first-order chi connectivity index (χ1) is 34.6. The van der Waals surface area contributed by atoms with Crippen molar-refractivity contribution in [1.82, 2.24) is 46.6 Å². The summed E-state index contributed by atoms with van der Waals surface area (Å²) < 4.78 is 5.76. The molecule has 7 unspecified atom stereocenters. The van der Waals surface area contributed by atoms with Crippen LogP contribution in [0.3, 0.4) is 0 Å². The van der Waals surface area contributed by atoms with Crippen molar-refractivity contribution in [2.24, 2.45) is 10.8 Å². The van der Waals surface area contributed by atoms with Crippen LogP contribution in [0.4, 0.5) is 0 Å². The maximum Gasteiger partial charge on any atom is 0.246 e. The quantitative estimate of drug-likeness (QED) is 0.109. The number of nitrogens with one attached hydrogen (secondary N) is 6. The molecule has 1 saturated heterocycles.